The summed E-state index contributed by atoms with van der Waals surface area (Å²) in [6, 6.07) is 12.7. The fraction of sp³-hybridized carbons (Fsp3) is 0.182. The Morgan fingerprint density at radius 2 is 1.90 bits per heavy atom. The molecule has 0 bridgehead atoms. The number of benzene rings is 2. The average Bonchev–Trinajstić information content (AvgIpc) is 3.00. The molecule has 8 heteroatoms. The van der Waals surface area contributed by atoms with Crippen LogP contribution in [0.1, 0.15) is 34.2 Å². The molecule has 1 N–H and O–H groups in total. The second-order valence-electron chi connectivity index (χ2n) is 6.62. The number of phenols is 1. The number of hydrogen-bond donors (Lipinski definition) is 1. The number of aryl methyl sites for hydroxylation is 1. The number of phenolic OH excluding ortho intramolecular Hbond substituents is 1. The molecule has 0 atom stereocenters. The number of ether oxygens (including phenoxy) is 1. The summed E-state index contributed by atoms with van der Waals surface area (Å²) in [5.41, 5.74) is 3.96. The third-order valence-electron chi connectivity index (χ3n) is 4.62. The Labute approximate surface area is 173 Å². The first kappa shape index (κ1) is 20.8. The first-order valence-electron chi connectivity index (χ1n) is 9.29. The maximum atomic E-state index is 11.8. The molecule has 30 heavy (non-hydrogen) atoms. The molecule has 0 aliphatic carbocycles. The topological polar surface area (TPSA) is 107 Å². The van der Waals surface area contributed by atoms with E-state index in [0.717, 1.165) is 22.6 Å². The van der Waals surface area contributed by atoms with Crippen LogP contribution < -0.4 is 0 Å². The van der Waals surface area contributed by atoms with E-state index in [0.29, 0.717) is 12.2 Å². The van der Waals surface area contributed by atoms with Crippen molar-refractivity contribution in [2.24, 2.45) is 4.99 Å². The van der Waals surface area contributed by atoms with Crippen LogP contribution in [0, 0.1) is 24.0 Å². The third kappa shape index (κ3) is 4.22. The number of nitrogens with zero attached hydrogens (tertiary/aromatic N) is 3. The first-order valence-corrected chi connectivity index (χ1v) is 9.29. The van der Waals surface area contributed by atoms with E-state index < -0.39 is 4.92 Å². The molecule has 2 aromatic carbocycles. The molecule has 1 aromatic heterocycles. The zero-order chi connectivity index (χ0) is 21.8. The molecular formula is C22H21N3O5. The summed E-state index contributed by atoms with van der Waals surface area (Å²) in [6.45, 7) is 5.93. The quantitative estimate of drug-likeness (QED) is 0.277. The number of aliphatic imine (C=N–C) groups is 1. The summed E-state index contributed by atoms with van der Waals surface area (Å²) in [4.78, 5) is 26.5. The minimum absolute atomic E-state index is 0.118. The van der Waals surface area contributed by atoms with Crippen molar-refractivity contribution in [3.63, 3.8) is 0 Å². The van der Waals surface area contributed by atoms with Crippen molar-refractivity contribution >= 4 is 23.6 Å². The van der Waals surface area contributed by atoms with Crippen LogP contribution >= 0.6 is 0 Å². The Bertz CT molecular complexity index is 1130. The van der Waals surface area contributed by atoms with Crippen LogP contribution in [-0.2, 0) is 4.74 Å². The number of aromatic nitrogens is 1. The highest BCUT2D eigenvalue weighted by Crippen LogP contribution is 2.30. The molecule has 0 spiro atoms. The Morgan fingerprint density at radius 1 is 1.20 bits per heavy atom. The van der Waals surface area contributed by atoms with Gasteiger partial charge in [-0.3, -0.25) is 15.1 Å². The second-order valence-corrected chi connectivity index (χ2v) is 6.62. The Morgan fingerprint density at radius 3 is 2.53 bits per heavy atom. The van der Waals surface area contributed by atoms with Crippen LogP contribution in [0.3, 0.4) is 0 Å². The molecule has 0 unspecified atom stereocenters. The van der Waals surface area contributed by atoms with E-state index in [1.165, 1.54) is 18.2 Å². The van der Waals surface area contributed by atoms with Gasteiger partial charge in [-0.05, 0) is 57.2 Å². The Balaban J connectivity index is 1.91. The number of nitro benzene ring substituents is 1. The summed E-state index contributed by atoms with van der Waals surface area (Å²) in [7, 11) is 0. The monoisotopic (exact) mass is 407 g/mol. The SMILES string of the molecule is CCOC(=O)c1ccc(-n2c(C)cc(C=Nc3cc([N+](=O)[O-])ccc3O)c2C)cc1. The summed E-state index contributed by atoms with van der Waals surface area (Å²) in [5, 5.41) is 20.9. The van der Waals surface area contributed by atoms with Gasteiger partial charge >= 0.3 is 5.97 Å². The van der Waals surface area contributed by atoms with Gasteiger partial charge in [0.25, 0.3) is 5.69 Å². The van der Waals surface area contributed by atoms with Gasteiger partial charge in [0.05, 0.1) is 17.1 Å². The highest BCUT2D eigenvalue weighted by Gasteiger charge is 2.13. The zero-order valence-electron chi connectivity index (χ0n) is 16.8. The predicted octanol–water partition coefficient (Wildman–Crippen LogP) is 4.64. The molecule has 0 aliphatic rings. The lowest BCUT2D eigenvalue weighted by atomic mass is 10.2. The van der Waals surface area contributed by atoms with Gasteiger partial charge in [-0.15, -0.1) is 0 Å². The lowest BCUT2D eigenvalue weighted by molar-refractivity contribution is -0.384. The van der Waals surface area contributed by atoms with E-state index in [1.54, 1.807) is 25.3 Å². The van der Waals surface area contributed by atoms with E-state index in [9.17, 15) is 20.0 Å². The fourth-order valence-electron chi connectivity index (χ4n) is 3.14. The van der Waals surface area contributed by atoms with Gasteiger partial charge in [-0.1, -0.05) is 0 Å². The van der Waals surface area contributed by atoms with E-state index >= 15 is 0 Å². The number of carbonyl (C=O) groups excluding carboxylic acids is 1. The van der Waals surface area contributed by atoms with Crippen molar-refractivity contribution in [3.05, 3.63) is 81.2 Å². The fourth-order valence-corrected chi connectivity index (χ4v) is 3.14. The van der Waals surface area contributed by atoms with Gasteiger partial charge in [0.15, 0.2) is 0 Å². The Hall–Kier alpha value is -3.94. The summed E-state index contributed by atoms with van der Waals surface area (Å²) >= 11 is 0. The predicted molar refractivity (Wildman–Crippen MR) is 113 cm³/mol. The molecule has 0 fully saturated rings. The van der Waals surface area contributed by atoms with Crippen LogP contribution in [0.2, 0.25) is 0 Å². The molecule has 8 nitrogen and oxygen atoms in total. The maximum absolute atomic E-state index is 11.8. The second kappa shape index (κ2) is 8.60. The molecule has 0 saturated carbocycles. The zero-order valence-corrected chi connectivity index (χ0v) is 16.8. The molecule has 0 amide bonds. The average molecular weight is 407 g/mol. The van der Waals surface area contributed by atoms with Crippen LogP contribution in [0.15, 0.2) is 53.5 Å². The molecule has 3 rings (SSSR count). The molecule has 0 aliphatic heterocycles. The number of hydrogen-bond acceptors (Lipinski definition) is 6. The van der Waals surface area contributed by atoms with E-state index in [1.807, 2.05) is 36.6 Å². The molecule has 3 aromatic rings. The summed E-state index contributed by atoms with van der Waals surface area (Å²) in [5.74, 6) is -0.505. The van der Waals surface area contributed by atoms with Gasteiger partial charge in [0.2, 0.25) is 0 Å². The number of aromatic hydroxyl groups is 1. The van der Waals surface area contributed by atoms with Crippen molar-refractivity contribution in [1.82, 2.24) is 4.57 Å². The number of non-ortho nitro benzene ring substituents is 1. The van der Waals surface area contributed by atoms with Gasteiger partial charge < -0.3 is 14.4 Å². The summed E-state index contributed by atoms with van der Waals surface area (Å²) < 4.78 is 7.01. The molecule has 154 valence electrons. The van der Waals surface area contributed by atoms with Crippen molar-refractivity contribution in [2.75, 3.05) is 6.61 Å². The number of rotatable bonds is 6. The van der Waals surface area contributed by atoms with Gasteiger partial charge in [0.1, 0.15) is 11.4 Å². The van der Waals surface area contributed by atoms with Crippen LogP contribution in [0.4, 0.5) is 11.4 Å². The Kier molecular flexibility index (Phi) is 5.96. The van der Waals surface area contributed by atoms with Crippen molar-refractivity contribution in [3.8, 4) is 11.4 Å². The number of nitro groups is 1. The van der Waals surface area contributed by atoms with Crippen molar-refractivity contribution in [1.29, 1.82) is 0 Å². The van der Waals surface area contributed by atoms with E-state index in [2.05, 4.69) is 4.99 Å². The molecule has 0 saturated heterocycles. The number of carbonyl (C=O) groups is 1. The van der Waals surface area contributed by atoms with Crippen LogP contribution in [0.25, 0.3) is 5.69 Å². The van der Waals surface area contributed by atoms with Crippen LogP contribution in [-0.4, -0.2) is 33.4 Å². The van der Waals surface area contributed by atoms with Crippen molar-refractivity contribution < 1.29 is 19.6 Å². The molecular weight excluding hydrogens is 386 g/mol. The lowest BCUT2D eigenvalue weighted by Gasteiger charge is -2.10. The van der Waals surface area contributed by atoms with Crippen molar-refractivity contribution in [2.45, 2.75) is 20.8 Å². The molecule has 0 radical (unpaired) electrons. The standard InChI is InChI=1S/C22H21N3O5/c1-4-30-22(27)16-5-7-18(8-6-16)24-14(2)11-17(15(24)3)13-23-20-12-19(25(28)29)9-10-21(20)26/h5-13,26H,4H2,1-3H3. The largest absolute Gasteiger partial charge is 0.506 e. The van der Waals surface area contributed by atoms with Crippen LogP contribution in [0.5, 0.6) is 5.75 Å². The highest BCUT2D eigenvalue weighted by atomic mass is 16.6. The van der Waals surface area contributed by atoms with E-state index in [4.69, 9.17) is 4.74 Å². The number of esters is 1. The minimum Gasteiger partial charge on any atom is -0.506 e. The maximum Gasteiger partial charge on any atom is 0.338 e. The third-order valence-corrected chi connectivity index (χ3v) is 4.62. The summed E-state index contributed by atoms with van der Waals surface area (Å²) in [6.07, 6.45) is 1.56. The van der Waals surface area contributed by atoms with Gasteiger partial charge in [0, 0.05) is 41.0 Å². The first-order chi connectivity index (χ1) is 14.3. The normalized spacial score (nSPS) is 11.0. The van der Waals surface area contributed by atoms with Gasteiger partial charge in [-0.25, -0.2) is 4.79 Å². The smallest absolute Gasteiger partial charge is 0.338 e. The van der Waals surface area contributed by atoms with Gasteiger partial charge in [-0.2, -0.15) is 0 Å². The molecule has 1 heterocycles. The van der Waals surface area contributed by atoms with E-state index in [-0.39, 0.29) is 23.1 Å². The lowest BCUT2D eigenvalue weighted by Crippen LogP contribution is -2.05. The highest BCUT2D eigenvalue weighted by molar-refractivity contribution is 5.89. The minimum atomic E-state index is -0.537.